The second-order valence-corrected chi connectivity index (χ2v) is 5.34. The van der Waals surface area contributed by atoms with Gasteiger partial charge in [0.25, 0.3) is 0 Å². The van der Waals surface area contributed by atoms with Gasteiger partial charge in [0.1, 0.15) is 6.17 Å². The zero-order valence-electron chi connectivity index (χ0n) is 7.97. The molecular weight excluding hydrogens is 185 g/mol. The Morgan fingerprint density at radius 1 is 1.31 bits per heavy atom. The van der Waals surface area contributed by atoms with Gasteiger partial charge in [0.05, 0.1) is 0 Å². The molecule has 2 rings (SSSR count). The fourth-order valence-electron chi connectivity index (χ4n) is 2.21. The Labute approximate surface area is 83.9 Å². The summed E-state index contributed by atoms with van der Waals surface area (Å²) in [5.41, 5.74) is 0. The molecule has 2 aliphatic rings. The smallest absolute Gasteiger partial charge is 0.115 e. The van der Waals surface area contributed by atoms with E-state index in [1.807, 2.05) is 11.8 Å². The van der Waals surface area contributed by atoms with E-state index in [9.17, 15) is 4.39 Å². The Hall–Kier alpha value is 0.240. The van der Waals surface area contributed by atoms with Crippen LogP contribution in [0.3, 0.4) is 0 Å². The minimum Gasteiger partial charge on any atom is -0.311 e. The summed E-state index contributed by atoms with van der Waals surface area (Å²) >= 11 is 2.03. The normalized spacial score (nSPS) is 39.9. The monoisotopic (exact) mass is 203 g/mol. The van der Waals surface area contributed by atoms with E-state index in [-0.39, 0.29) is 6.04 Å². The molecular formula is C10H18FNS. The van der Waals surface area contributed by atoms with Gasteiger partial charge in [-0.2, -0.15) is 11.8 Å². The van der Waals surface area contributed by atoms with E-state index in [4.69, 9.17) is 0 Å². The molecule has 1 saturated carbocycles. The summed E-state index contributed by atoms with van der Waals surface area (Å²) in [4.78, 5) is 0. The minimum atomic E-state index is -0.575. The van der Waals surface area contributed by atoms with Crippen molar-refractivity contribution in [2.24, 2.45) is 5.92 Å². The first kappa shape index (κ1) is 9.78. The van der Waals surface area contributed by atoms with Gasteiger partial charge in [-0.3, -0.25) is 0 Å². The molecule has 3 heteroatoms. The highest BCUT2D eigenvalue weighted by Crippen LogP contribution is 2.25. The van der Waals surface area contributed by atoms with E-state index >= 15 is 0 Å². The molecule has 3 atom stereocenters. The van der Waals surface area contributed by atoms with E-state index < -0.39 is 6.17 Å². The Morgan fingerprint density at radius 2 is 2.23 bits per heavy atom. The molecule has 0 bridgehead atoms. The predicted molar refractivity (Wildman–Crippen MR) is 56.0 cm³/mol. The van der Waals surface area contributed by atoms with E-state index in [1.54, 1.807) is 0 Å². The number of nitrogens with one attached hydrogen (secondary N) is 1. The summed E-state index contributed by atoms with van der Waals surface area (Å²) in [5.74, 6) is 3.38. The Kier molecular flexibility index (Phi) is 3.50. The van der Waals surface area contributed by atoms with Crippen LogP contribution in [-0.4, -0.2) is 30.3 Å². The zero-order valence-corrected chi connectivity index (χ0v) is 8.78. The SMILES string of the molecule is F[C@H]1CCC[C@H]1NCC1CCSC1. The van der Waals surface area contributed by atoms with Gasteiger partial charge >= 0.3 is 0 Å². The largest absolute Gasteiger partial charge is 0.311 e. The summed E-state index contributed by atoms with van der Waals surface area (Å²) < 4.78 is 13.2. The lowest BCUT2D eigenvalue weighted by atomic mass is 10.1. The third-order valence-electron chi connectivity index (χ3n) is 3.12. The van der Waals surface area contributed by atoms with Gasteiger partial charge in [-0.25, -0.2) is 4.39 Å². The van der Waals surface area contributed by atoms with Gasteiger partial charge in [-0.05, 0) is 49.7 Å². The van der Waals surface area contributed by atoms with Gasteiger partial charge in [0.15, 0.2) is 0 Å². The topological polar surface area (TPSA) is 12.0 Å². The highest BCUT2D eigenvalue weighted by atomic mass is 32.2. The van der Waals surface area contributed by atoms with Crippen molar-refractivity contribution in [3.8, 4) is 0 Å². The third kappa shape index (κ3) is 2.59. The van der Waals surface area contributed by atoms with Gasteiger partial charge in [-0.15, -0.1) is 0 Å². The summed E-state index contributed by atoms with van der Waals surface area (Å²) in [5, 5.41) is 3.38. The van der Waals surface area contributed by atoms with Crippen LogP contribution in [-0.2, 0) is 0 Å². The van der Waals surface area contributed by atoms with Crippen LogP contribution < -0.4 is 5.32 Å². The Balaban J connectivity index is 1.66. The molecule has 0 spiro atoms. The highest BCUT2D eigenvalue weighted by Gasteiger charge is 2.27. The van der Waals surface area contributed by atoms with E-state index in [0.717, 1.165) is 31.7 Å². The fraction of sp³-hybridized carbons (Fsp3) is 1.00. The van der Waals surface area contributed by atoms with Crippen molar-refractivity contribution in [3.63, 3.8) is 0 Å². The van der Waals surface area contributed by atoms with Crippen molar-refractivity contribution in [2.45, 2.75) is 37.9 Å². The van der Waals surface area contributed by atoms with Crippen molar-refractivity contribution >= 4 is 11.8 Å². The molecule has 76 valence electrons. The molecule has 1 aliphatic carbocycles. The van der Waals surface area contributed by atoms with Gasteiger partial charge < -0.3 is 5.32 Å². The molecule has 1 aliphatic heterocycles. The average molecular weight is 203 g/mol. The van der Waals surface area contributed by atoms with E-state index in [1.165, 1.54) is 17.9 Å². The lowest BCUT2D eigenvalue weighted by Gasteiger charge is -2.17. The van der Waals surface area contributed by atoms with Gasteiger partial charge in [0.2, 0.25) is 0 Å². The number of alkyl halides is 1. The van der Waals surface area contributed by atoms with Crippen molar-refractivity contribution in [1.29, 1.82) is 0 Å². The zero-order chi connectivity index (χ0) is 9.10. The van der Waals surface area contributed by atoms with Crippen LogP contribution in [0.5, 0.6) is 0 Å². The first-order chi connectivity index (χ1) is 6.36. The summed E-state index contributed by atoms with van der Waals surface area (Å²) in [7, 11) is 0. The summed E-state index contributed by atoms with van der Waals surface area (Å²) in [6, 6.07) is 0.172. The molecule has 1 nitrogen and oxygen atoms in total. The van der Waals surface area contributed by atoms with Crippen LogP contribution in [0.15, 0.2) is 0 Å². The number of halogens is 1. The van der Waals surface area contributed by atoms with Crippen molar-refractivity contribution in [1.82, 2.24) is 5.32 Å². The van der Waals surface area contributed by atoms with E-state index in [2.05, 4.69) is 5.32 Å². The number of rotatable bonds is 3. The van der Waals surface area contributed by atoms with Gasteiger partial charge in [-0.1, -0.05) is 0 Å². The van der Waals surface area contributed by atoms with E-state index in [0.29, 0.717) is 0 Å². The molecule has 0 amide bonds. The maximum Gasteiger partial charge on any atom is 0.115 e. The second-order valence-electron chi connectivity index (χ2n) is 4.19. The molecule has 0 aromatic carbocycles. The van der Waals surface area contributed by atoms with Crippen molar-refractivity contribution in [3.05, 3.63) is 0 Å². The number of thioether (sulfide) groups is 1. The fourth-order valence-corrected chi connectivity index (χ4v) is 3.49. The number of hydrogen-bond acceptors (Lipinski definition) is 2. The van der Waals surface area contributed by atoms with Crippen LogP contribution in [0.2, 0.25) is 0 Å². The molecule has 1 N–H and O–H groups in total. The molecule has 0 aromatic heterocycles. The molecule has 1 saturated heterocycles. The second kappa shape index (κ2) is 4.65. The maximum atomic E-state index is 13.2. The Morgan fingerprint density at radius 3 is 2.85 bits per heavy atom. The van der Waals surface area contributed by atoms with Crippen molar-refractivity contribution in [2.75, 3.05) is 18.1 Å². The molecule has 13 heavy (non-hydrogen) atoms. The standard InChI is InChI=1S/C10H18FNS/c11-9-2-1-3-10(9)12-6-8-4-5-13-7-8/h8-10,12H,1-7H2/t8?,9-,10+/m0/s1. The number of hydrogen-bond donors (Lipinski definition) is 1. The summed E-state index contributed by atoms with van der Waals surface area (Å²) in [6.45, 7) is 1.04. The first-order valence-electron chi connectivity index (χ1n) is 5.31. The van der Waals surface area contributed by atoms with Crippen molar-refractivity contribution < 1.29 is 4.39 Å². The lowest BCUT2D eigenvalue weighted by molar-refractivity contribution is 0.273. The maximum absolute atomic E-state index is 13.2. The quantitative estimate of drug-likeness (QED) is 0.755. The summed E-state index contributed by atoms with van der Waals surface area (Å²) in [6.07, 6.45) is 3.63. The average Bonchev–Trinajstić information content (AvgIpc) is 2.72. The molecule has 0 radical (unpaired) electrons. The molecule has 1 heterocycles. The first-order valence-corrected chi connectivity index (χ1v) is 6.47. The lowest BCUT2D eigenvalue weighted by Crippen LogP contribution is -2.36. The molecule has 0 aromatic rings. The highest BCUT2D eigenvalue weighted by molar-refractivity contribution is 7.99. The van der Waals surface area contributed by atoms with Crippen LogP contribution in [0.1, 0.15) is 25.7 Å². The third-order valence-corrected chi connectivity index (χ3v) is 4.36. The molecule has 1 unspecified atom stereocenters. The van der Waals surface area contributed by atoms with Crippen LogP contribution in [0.25, 0.3) is 0 Å². The van der Waals surface area contributed by atoms with Gasteiger partial charge in [0, 0.05) is 6.04 Å². The molecule has 2 fully saturated rings. The van der Waals surface area contributed by atoms with Crippen LogP contribution >= 0.6 is 11.8 Å². The predicted octanol–water partition coefficient (Wildman–Crippen LogP) is 2.22. The van der Waals surface area contributed by atoms with Crippen LogP contribution in [0, 0.1) is 5.92 Å². The van der Waals surface area contributed by atoms with Crippen LogP contribution in [0.4, 0.5) is 4.39 Å². The Bertz CT molecular complexity index is 159. The minimum absolute atomic E-state index is 0.172.